The minimum absolute atomic E-state index is 0.0154. The quantitative estimate of drug-likeness (QED) is 0.400. The van der Waals surface area contributed by atoms with Crippen molar-refractivity contribution >= 4 is 21.2 Å². The summed E-state index contributed by atoms with van der Waals surface area (Å²) in [5.74, 6) is 0.904. The Bertz CT molecular complexity index is 1460. The average molecular weight is 504 g/mol. The van der Waals surface area contributed by atoms with E-state index in [-0.39, 0.29) is 5.41 Å². The molecule has 7 nitrogen and oxygen atoms in total. The van der Waals surface area contributed by atoms with Crippen molar-refractivity contribution in [2.45, 2.75) is 44.6 Å². The summed E-state index contributed by atoms with van der Waals surface area (Å²) in [6.07, 6.45) is 1.79. The number of benzene rings is 2. The molecular weight excluding hydrogens is 470 g/mol. The molecule has 0 saturated carbocycles. The van der Waals surface area contributed by atoms with Crippen molar-refractivity contribution in [3.8, 4) is 5.69 Å². The topological polar surface area (TPSA) is 71.3 Å². The molecule has 0 N–H and O–H groups in total. The van der Waals surface area contributed by atoms with Crippen molar-refractivity contribution in [2.75, 3.05) is 26.2 Å². The van der Waals surface area contributed by atoms with Gasteiger partial charge in [-0.25, -0.2) is 18.4 Å². The molecule has 0 unspecified atom stereocenters. The van der Waals surface area contributed by atoms with E-state index in [0.29, 0.717) is 37.6 Å². The molecule has 0 bridgehead atoms. The Morgan fingerprint density at radius 3 is 2.19 bits per heavy atom. The fourth-order valence-corrected chi connectivity index (χ4v) is 6.06. The maximum atomic E-state index is 13.3. The standard InChI is InChI=1S/C28H33N5O2S/c1-21-7-11-23(12-8-21)33-26(30-25-6-5-15-29-27(25)33)20-31-16-18-32(19-17-31)36(34,35)24-13-9-22(10-14-24)28(2,3)4/h5-15H,16-20H2,1-4H3. The number of piperazine rings is 1. The van der Waals surface area contributed by atoms with E-state index in [1.165, 1.54) is 5.56 Å². The number of nitrogens with zero attached hydrogens (tertiary/aromatic N) is 5. The van der Waals surface area contributed by atoms with Gasteiger partial charge >= 0.3 is 0 Å². The van der Waals surface area contributed by atoms with Crippen LogP contribution in [0.2, 0.25) is 0 Å². The molecule has 0 aliphatic carbocycles. The molecule has 3 heterocycles. The highest BCUT2D eigenvalue weighted by atomic mass is 32.2. The average Bonchev–Trinajstić information content (AvgIpc) is 3.22. The van der Waals surface area contributed by atoms with Crippen LogP contribution in [0.4, 0.5) is 0 Å². The minimum atomic E-state index is -3.52. The molecule has 4 aromatic rings. The zero-order valence-corrected chi connectivity index (χ0v) is 22.2. The van der Waals surface area contributed by atoms with Gasteiger partial charge in [0.1, 0.15) is 11.3 Å². The number of aromatic nitrogens is 3. The van der Waals surface area contributed by atoms with E-state index < -0.39 is 10.0 Å². The largest absolute Gasteiger partial charge is 0.293 e. The van der Waals surface area contributed by atoms with Gasteiger partial charge in [0.2, 0.25) is 10.0 Å². The molecule has 2 aromatic heterocycles. The molecule has 1 aliphatic rings. The lowest BCUT2D eigenvalue weighted by atomic mass is 9.87. The third-order valence-corrected chi connectivity index (χ3v) is 8.74. The fraction of sp³-hybridized carbons (Fsp3) is 0.357. The summed E-state index contributed by atoms with van der Waals surface area (Å²) in [5, 5.41) is 0. The second-order valence-corrected chi connectivity index (χ2v) is 12.4. The molecule has 36 heavy (non-hydrogen) atoms. The van der Waals surface area contributed by atoms with Gasteiger partial charge in [0.15, 0.2) is 5.65 Å². The molecule has 5 rings (SSSR count). The van der Waals surface area contributed by atoms with Crippen LogP contribution in [0.15, 0.2) is 71.8 Å². The maximum Gasteiger partial charge on any atom is 0.243 e. The van der Waals surface area contributed by atoms with Crippen LogP contribution in [0, 0.1) is 6.92 Å². The smallest absolute Gasteiger partial charge is 0.243 e. The number of hydrogen-bond acceptors (Lipinski definition) is 5. The van der Waals surface area contributed by atoms with Gasteiger partial charge in [-0.3, -0.25) is 9.47 Å². The first-order valence-corrected chi connectivity index (χ1v) is 13.8. The maximum absolute atomic E-state index is 13.3. The SMILES string of the molecule is Cc1ccc(-n2c(CN3CCN(S(=O)(=O)c4ccc(C(C)(C)C)cc4)CC3)nc3cccnc32)cc1. The predicted octanol–water partition coefficient (Wildman–Crippen LogP) is 4.53. The summed E-state index contributed by atoms with van der Waals surface area (Å²) in [5.41, 5.74) is 5.01. The van der Waals surface area contributed by atoms with Crippen molar-refractivity contribution < 1.29 is 8.42 Å². The highest BCUT2D eigenvalue weighted by Crippen LogP contribution is 2.26. The molecule has 188 valence electrons. The highest BCUT2D eigenvalue weighted by molar-refractivity contribution is 7.89. The molecule has 2 aromatic carbocycles. The molecule has 0 spiro atoms. The number of hydrogen-bond donors (Lipinski definition) is 0. The van der Waals surface area contributed by atoms with E-state index in [1.807, 2.05) is 24.3 Å². The van der Waals surface area contributed by atoms with Crippen LogP contribution in [0.25, 0.3) is 16.9 Å². The highest BCUT2D eigenvalue weighted by Gasteiger charge is 2.29. The van der Waals surface area contributed by atoms with Crippen LogP contribution in [0.5, 0.6) is 0 Å². The van der Waals surface area contributed by atoms with Crippen LogP contribution >= 0.6 is 0 Å². The van der Waals surface area contributed by atoms with Crippen molar-refractivity contribution in [1.82, 2.24) is 23.7 Å². The monoisotopic (exact) mass is 503 g/mol. The van der Waals surface area contributed by atoms with E-state index >= 15 is 0 Å². The molecule has 0 radical (unpaired) electrons. The first-order valence-electron chi connectivity index (χ1n) is 12.4. The number of fused-ring (bicyclic) bond motifs is 1. The Kier molecular flexibility index (Phi) is 6.44. The fourth-order valence-electron chi connectivity index (χ4n) is 4.63. The van der Waals surface area contributed by atoms with E-state index in [4.69, 9.17) is 4.98 Å². The second kappa shape index (κ2) is 9.42. The van der Waals surface area contributed by atoms with Crippen molar-refractivity contribution in [1.29, 1.82) is 0 Å². The zero-order valence-electron chi connectivity index (χ0n) is 21.3. The van der Waals surface area contributed by atoms with Gasteiger partial charge in [-0.2, -0.15) is 4.31 Å². The molecule has 1 aliphatic heterocycles. The third-order valence-electron chi connectivity index (χ3n) is 6.83. The van der Waals surface area contributed by atoms with E-state index in [0.717, 1.165) is 28.2 Å². The van der Waals surface area contributed by atoms with Crippen molar-refractivity contribution in [3.05, 3.63) is 83.8 Å². The molecule has 0 amide bonds. The summed E-state index contributed by atoms with van der Waals surface area (Å²) in [6, 6.07) is 19.5. The molecule has 8 heteroatoms. The van der Waals surface area contributed by atoms with E-state index in [2.05, 4.69) is 66.4 Å². The minimum Gasteiger partial charge on any atom is -0.293 e. The van der Waals surface area contributed by atoms with E-state index in [1.54, 1.807) is 22.6 Å². The van der Waals surface area contributed by atoms with Gasteiger partial charge in [-0.05, 0) is 54.3 Å². The van der Waals surface area contributed by atoms with Crippen LogP contribution < -0.4 is 0 Å². The predicted molar refractivity (Wildman–Crippen MR) is 143 cm³/mol. The number of rotatable bonds is 5. The number of aryl methyl sites for hydroxylation is 1. The Hall–Kier alpha value is -3.07. The van der Waals surface area contributed by atoms with Crippen LogP contribution in [0.1, 0.15) is 37.7 Å². The van der Waals surface area contributed by atoms with Gasteiger partial charge in [0, 0.05) is 38.1 Å². The van der Waals surface area contributed by atoms with Gasteiger partial charge in [-0.1, -0.05) is 50.6 Å². The van der Waals surface area contributed by atoms with E-state index in [9.17, 15) is 8.42 Å². The lowest BCUT2D eigenvalue weighted by molar-refractivity contribution is 0.177. The zero-order chi connectivity index (χ0) is 25.5. The number of imidazole rings is 1. The van der Waals surface area contributed by atoms with Crippen molar-refractivity contribution in [3.63, 3.8) is 0 Å². The Labute approximate surface area is 213 Å². The Balaban J connectivity index is 1.33. The van der Waals surface area contributed by atoms with Gasteiger partial charge in [0.05, 0.1) is 11.4 Å². The summed E-state index contributed by atoms with van der Waals surface area (Å²) in [4.78, 5) is 12.1. The van der Waals surface area contributed by atoms with Crippen LogP contribution in [-0.4, -0.2) is 58.3 Å². The lowest BCUT2D eigenvalue weighted by Gasteiger charge is -2.33. The normalized spacial score (nSPS) is 16.0. The first kappa shape index (κ1) is 24.6. The number of sulfonamides is 1. The summed E-state index contributed by atoms with van der Waals surface area (Å²) < 4.78 is 30.3. The van der Waals surface area contributed by atoms with Gasteiger partial charge in [-0.15, -0.1) is 0 Å². The summed E-state index contributed by atoms with van der Waals surface area (Å²) in [7, 11) is -3.52. The lowest BCUT2D eigenvalue weighted by Crippen LogP contribution is -2.48. The molecular formula is C28H33N5O2S. The van der Waals surface area contributed by atoms with Gasteiger partial charge in [0.25, 0.3) is 0 Å². The third kappa shape index (κ3) is 4.81. The first-order chi connectivity index (χ1) is 17.1. The Morgan fingerprint density at radius 1 is 0.889 bits per heavy atom. The molecule has 0 atom stereocenters. The second-order valence-electron chi connectivity index (χ2n) is 10.5. The van der Waals surface area contributed by atoms with Gasteiger partial charge < -0.3 is 0 Å². The molecule has 1 fully saturated rings. The Morgan fingerprint density at radius 2 is 1.56 bits per heavy atom. The van der Waals surface area contributed by atoms with Crippen LogP contribution in [0.3, 0.4) is 0 Å². The summed E-state index contributed by atoms with van der Waals surface area (Å²) in [6.45, 7) is 11.3. The molecule has 1 saturated heterocycles. The van der Waals surface area contributed by atoms with Crippen LogP contribution in [-0.2, 0) is 22.0 Å². The summed E-state index contributed by atoms with van der Waals surface area (Å²) >= 11 is 0. The van der Waals surface area contributed by atoms with Crippen molar-refractivity contribution in [2.24, 2.45) is 0 Å². The number of pyridine rings is 1.